The largest absolute Gasteiger partial charge is 0.487 e. The Bertz CT molecular complexity index is 584. The summed E-state index contributed by atoms with van der Waals surface area (Å²) in [5.74, 6) is 0.228. The van der Waals surface area contributed by atoms with Gasteiger partial charge in [-0.3, -0.25) is 4.98 Å². The molecule has 2 aromatic rings. The van der Waals surface area contributed by atoms with Gasteiger partial charge in [0.05, 0.1) is 11.4 Å². The van der Waals surface area contributed by atoms with Gasteiger partial charge < -0.3 is 10.1 Å². The molecule has 1 saturated carbocycles. The Labute approximate surface area is 117 Å². The first-order valence-electron chi connectivity index (χ1n) is 6.86. The fourth-order valence-electron chi connectivity index (χ4n) is 1.96. The highest BCUT2D eigenvalue weighted by Crippen LogP contribution is 2.19. The summed E-state index contributed by atoms with van der Waals surface area (Å²) in [5.41, 5.74) is 1.86. The number of halogens is 1. The molecule has 0 spiro atoms. The molecule has 1 heterocycles. The van der Waals surface area contributed by atoms with E-state index in [1.54, 1.807) is 12.1 Å². The number of ether oxygens (including phenoxy) is 1. The first kappa shape index (κ1) is 13.1. The van der Waals surface area contributed by atoms with Crippen LogP contribution >= 0.6 is 0 Å². The molecule has 3 rings (SSSR count). The van der Waals surface area contributed by atoms with Crippen LogP contribution in [0, 0.1) is 5.82 Å². The van der Waals surface area contributed by atoms with Crippen LogP contribution in [0.15, 0.2) is 42.5 Å². The quantitative estimate of drug-likeness (QED) is 0.877. The SMILES string of the molecule is Fc1cccc(OCc2cccc(CNC3CC3)n2)c1. The fraction of sp³-hybridized carbons (Fsp3) is 0.312. The maximum absolute atomic E-state index is 13.0. The lowest BCUT2D eigenvalue weighted by Crippen LogP contribution is -2.16. The number of rotatable bonds is 6. The number of hydrogen-bond acceptors (Lipinski definition) is 3. The molecule has 0 aliphatic heterocycles. The van der Waals surface area contributed by atoms with Crippen molar-refractivity contribution in [2.75, 3.05) is 0 Å². The molecule has 0 saturated heterocycles. The molecule has 1 aromatic heterocycles. The van der Waals surface area contributed by atoms with E-state index in [9.17, 15) is 4.39 Å². The summed E-state index contributed by atoms with van der Waals surface area (Å²) in [4.78, 5) is 4.53. The zero-order valence-electron chi connectivity index (χ0n) is 11.2. The van der Waals surface area contributed by atoms with E-state index in [1.807, 2.05) is 18.2 Å². The van der Waals surface area contributed by atoms with E-state index in [-0.39, 0.29) is 5.82 Å². The second kappa shape index (κ2) is 6.01. The van der Waals surface area contributed by atoms with Crippen LogP contribution < -0.4 is 10.1 Å². The van der Waals surface area contributed by atoms with Gasteiger partial charge >= 0.3 is 0 Å². The van der Waals surface area contributed by atoms with Gasteiger partial charge in [0.1, 0.15) is 18.2 Å². The molecule has 0 unspecified atom stereocenters. The zero-order chi connectivity index (χ0) is 13.8. The van der Waals surface area contributed by atoms with Crippen molar-refractivity contribution < 1.29 is 9.13 Å². The van der Waals surface area contributed by atoms with Gasteiger partial charge in [-0.1, -0.05) is 12.1 Å². The van der Waals surface area contributed by atoms with E-state index in [4.69, 9.17) is 4.74 Å². The van der Waals surface area contributed by atoms with Crippen molar-refractivity contribution in [1.29, 1.82) is 0 Å². The van der Waals surface area contributed by atoms with Gasteiger partial charge in [0, 0.05) is 18.7 Å². The van der Waals surface area contributed by atoms with Crippen molar-refractivity contribution in [1.82, 2.24) is 10.3 Å². The van der Waals surface area contributed by atoms with Crippen molar-refractivity contribution in [2.45, 2.75) is 32.0 Å². The average Bonchev–Trinajstić information content (AvgIpc) is 3.28. The van der Waals surface area contributed by atoms with Gasteiger partial charge in [-0.2, -0.15) is 0 Å². The van der Waals surface area contributed by atoms with Crippen molar-refractivity contribution in [3.8, 4) is 5.75 Å². The summed E-state index contributed by atoms with van der Waals surface area (Å²) in [6.45, 7) is 1.14. The first-order valence-corrected chi connectivity index (χ1v) is 6.86. The predicted molar refractivity (Wildman–Crippen MR) is 74.8 cm³/mol. The van der Waals surface area contributed by atoms with Gasteiger partial charge in [-0.15, -0.1) is 0 Å². The fourth-order valence-corrected chi connectivity index (χ4v) is 1.96. The summed E-state index contributed by atoms with van der Waals surface area (Å²) in [6.07, 6.45) is 2.53. The summed E-state index contributed by atoms with van der Waals surface area (Å²) < 4.78 is 18.6. The van der Waals surface area contributed by atoms with E-state index in [0.717, 1.165) is 17.9 Å². The van der Waals surface area contributed by atoms with E-state index >= 15 is 0 Å². The molecule has 1 aliphatic carbocycles. The molecule has 1 aliphatic rings. The van der Waals surface area contributed by atoms with Crippen LogP contribution in [0.1, 0.15) is 24.2 Å². The minimum absolute atomic E-state index is 0.294. The van der Waals surface area contributed by atoms with E-state index < -0.39 is 0 Å². The minimum Gasteiger partial charge on any atom is -0.487 e. The molecule has 20 heavy (non-hydrogen) atoms. The number of pyridine rings is 1. The topological polar surface area (TPSA) is 34.1 Å². The lowest BCUT2D eigenvalue weighted by Gasteiger charge is -2.08. The van der Waals surface area contributed by atoms with E-state index in [1.165, 1.54) is 25.0 Å². The van der Waals surface area contributed by atoms with Gasteiger partial charge in [-0.25, -0.2) is 4.39 Å². The van der Waals surface area contributed by atoms with E-state index in [2.05, 4.69) is 10.3 Å². The van der Waals surface area contributed by atoms with Crippen LogP contribution in [0.2, 0.25) is 0 Å². The van der Waals surface area contributed by atoms with Gasteiger partial charge in [0.2, 0.25) is 0 Å². The molecule has 0 bridgehead atoms. The number of nitrogens with zero attached hydrogens (tertiary/aromatic N) is 1. The maximum atomic E-state index is 13.0. The van der Waals surface area contributed by atoms with Crippen molar-refractivity contribution >= 4 is 0 Å². The van der Waals surface area contributed by atoms with Crippen LogP contribution in [0.4, 0.5) is 4.39 Å². The van der Waals surface area contributed by atoms with Crippen molar-refractivity contribution in [2.24, 2.45) is 0 Å². The highest BCUT2D eigenvalue weighted by atomic mass is 19.1. The molecule has 104 valence electrons. The number of hydrogen-bond donors (Lipinski definition) is 1. The Morgan fingerprint density at radius 1 is 1.15 bits per heavy atom. The number of benzene rings is 1. The molecule has 1 fully saturated rings. The number of nitrogens with one attached hydrogen (secondary N) is 1. The summed E-state index contributed by atoms with van der Waals surface area (Å²) in [5, 5.41) is 3.43. The van der Waals surface area contributed by atoms with Gasteiger partial charge in [0.25, 0.3) is 0 Å². The zero-order valence-corrected chi connectivity index (χ0v) is 11.2. The molecular formula is C16H17FN2O. The minimum atomic E-state index is -0.294. The van der Waals surface area contributed by atoms with Crippen molar-refractivity contribution in [3.63, 3.8) is 0 Å². The highest BCUT2D eigenvalue weighted by Gasteiger charge is 2.20. The molecule has 3 nitrogen and oxygen atoms in total. The van der Waals surface area contributed by atoms with Crippen LogP contribution in [0.25, 0.3) is 0 Å². The Balaban J connectivity index is 1.57. The molecule has 0 amide bonds. The molecule has 0 radical (unpaired) electrons. The molecule has 1 aromatic carbocycles. The second-order valence-corrected chi connectivity index (χ2v) is 5.02. The average molecular weight is 272 g/mol. The summed E-state index contributed by atoms with van der Waals surface area (Å²) >= 11 is 0. The second-order valence-electron chi connectivity index (χ2n) is 5.02. The summed E-state index contributed by atoms with van der Waals surface area (Å²) in [7, 11) is 0. The van der Waals surface area contributed by atoms with Gasteiger partial charge in [-0.05, 0) is 37.1 Å². The van der Waals surface area contributed by atoms with E-state index in [0.29, 0.717) is 18.4 Å². The smallest absolute Gasteiger partial charge is 0.130 e. The molecule has 0 atom stereocenters. The molecule has 4 heteroatoms. The third-order valence-electron chi connectivity index (χ3n) is 3.20. The van der Waals surface area contributed by atoms with Crippen LogP contribution in [0.5, 0.6) is 5.75 Å². The normalized spacial score (nSPS) is 14.2. The highest BCUT2D eigenvalue weighted by molar-refractivity contribution is 5.23. The van der Waals surface area contributed by atoms with Crippen LogP contribution in [0.3, 0.4) is 0 Å². The molecule has 1 N–H and O–H groups in total. The third kappa shape index (κ3) is 3.78. The Hall–Kier alpha value is -1.94. The maximum Gasteiger partial charge on any atom is 0.130 e. The monoisotopic (exact) mass is 272 g/mol. The first-order chi connectivity index (χ1) is 9.79. The van der Waals surface area contributed by atoms with Crippen LogP contribution in [-0.2, 0) is 13.2 Å². The third-order valence-corrected chi connectivity index (χ3v) is 3.20. The number of aromatic nitrogens is 1. The Morgan fingerprint density at radius 3 is 2.75 bits per heavy atom. The Morgan fingerprint density at radius 2 is 1.95 bits per heavy atom. The standard InChI is InChI=1S/C16H17FN2O/c17-12-3-1-6-16(9-12)20-11-15-5-2-4-14(19-15)10-18-13-7-8-13/h1-6,9,13,18H,7-8,10-11H2. The van der Waals surface area contributed by atoms with Gasteiger partial charge in [0.15, 0.2) is 0 Å². The summed E-state index contributed by atoms with van der Waals surface area (Å²) in [6, 6.07) is 12.7. The lowest BCUT2D eigenvalue weighted by molar-refractivity contribution is 0.299. The van der Waals surface area contributed by atoms with Crippen LogP contribution in [-0.4, -0.2) is 11.0 Å². The Kier molecular flexibility index (Phi) is 3.92. The predicted octanol–water partition coefficient (Wildman–Crippen LogP) is 3.05. The molecular weight excluding hydrogens is 255 g/mol. The lowest BCUT2D eigenvalue weighted by atomic mass is 10.3. The van der Waals surface area contributed by atoms with Crippen molar-refractivity contribution in [3.05, 3.63) is 59.7 Å².